The van der Waals surface area contributed by atoms with Gasteiger partial charge >= 0.3 is 0 Å². The first-order chi connectivity index (χ1) is 9.81. The Labute approximate surface area is 121 Å². The zero-order valence-corrected chi connectivity index (χ0v) is 12.1. The molecule has 2 nitrogen and oxygen atoms in total. The average molecular weight is 266 g/mol. The smallest absolute Gasteiger partial charge is 0.0450 e. The Balaban J connectivity index is 1.73. The van der Waals surface area contributed by atoms with E-state index in [-0.39, 0.29) is 0 Å². The molecule has 1 fully saturated rings. The molecule has 0 N–H and O–H groups in total. The van der Waals surface area contributed by atoms with Gasteiger partial charge in [0, 0.05) is 23.7 Å². The average Bonchev–Trinajstić information content (AvgIpc) is 2.49. The number of rotatable bonds is 3. The molecule has 0 aliphatic carbocycles. The number of nitrogens with zero attached hydrogens (tertiary/aromatic N) is 2. The van der Waals surface area contributed by atoms with E-state index in [0.29, 0.717) is 5.92 Å². The van der Waals surface area contributed by atoms with Crippen LogP contribution >= 0.6 is 0 Å². The second kappa shape index (κ2) is 6.19. The molecule has 0 saturated carbocycles. The van der Waals surface area contributed by atoms with Crippen LogP contribution in [-0.2, 0) is 6.42 Å². The summed E-state index contributed by atoms with van der Waals surface area (Å²) in [7, 11) is 2.20. The molecule has 2 heterocycles. The van der Waals surface area contributed by atoms with Crippen molar-refractivity contribution < 1.29 is 0 Å². The van der Waals surface area contributed by atoms with Gasteiger partial charge in [0.25, 0.3) is 0 Å². The highest BCUT2D eigenvalue weighted by Crippen LogP contribution is 2.26. The molecule has 0 unspecified atom stereocenters. The number of hydrogen-bond donors (Lipinski definition) is 0. The number of likely N-dealkylation sites (tertiary alicyclic amines) is 1. The monoisotopic (exact) mass is 266 g/mol. The molecule has 1 aliphatic rings. The van der Waals surface area contributed by atoms with Crippen molar-refractivity contribution in [3.8, 4) is 0 Å². The van der Waals surface area contributed by atoms with Gasteiger partial charge in [-0.05, 0) is 50.7 Å². The maximum atomic E-state index is 4.90. The molecule has 0 atom stereocenters. The van der Waals surface area contributed by atoms with Crippen molar-refractivity contribution in [2.24, 2.45) is 0 Å². The molecule has 1 aromatic heterocycles. The molecule has 0 bridgehead atoms. The number of pyridine rings is 1. The minimum absolute atomic E-state index is 0.641. The molecule has 104 valence electrons. The fourth-order valence-electron chi connectivity index (χ4n) is 2.93. The largest absolute Gasteiger partial charge is 0.306 e. The summed E-state index contributed by atoms with van der Waals surface area (Å²) < 4.78 is 0. The highest BCUT2D eigenvalue weighted by Gasteiger charge is 2.19. The van der Waals surface area contributed by atoms with Crippen molar-refractivity contribution in [3.63, 3.8) is 0 Å². The summed E-state index contributed by atoms with van der Waals surface area (Å²) in [6, 6.07) is 17.1. The Kier molecular flexibility index (Phi) is 4.12. The number of hydrogen-bond acceptors (Lipinski definition) is 2. The second-order valence-electron chi connectivity index (χ2n) is 5.79. The Hall–Kier alpha value is -1.67. The molecule has 0 spiro atoms. The summed E-state index contributed by atoms with van der Waals surface area (Å²) in [6.45, 7) is 2.38. The third-order valence-corrected chi connectivity index (χ3v) is 4.19. The number of benzene rings is 1. The molecular weight excluding hydrogens is 244 g/mol. The molecule has 1 saturated heterocycles. The summed E-state index contributed by atoms with van der Waals surface area (Å²) in [5.41, 5.74) is 3.81. The summed E-state index contributed by atoms with van der Waals surface area (Å²) in [5.74, 6) is 0.641. The topological polar surface area (TPSA) is 16.1 Å². The maximum Gasteiger partial charge on any atom is 0.0450 e. The van der Waals surface area contributed by atoms with Crippen LogP contribution in [0.1, 0.15) is 35.7 Å². The van der Waals surface area contributed by atoms with Crippen LogP contribution < -0.4 is 0 Å². The lowest BCUT2D eigenvalue weighted by Gasteiger charge is -2.28. The van der Waals surface area contributed by atoms with E-state index in [1.807, 2.05) is 0 Å². The lowest BCUT2D eigenvalue weighted by atomic mass is 9.93. The lowest BCUT2D eigenvalue weighted by Crippen LogP contribution is -2.29. The van der Waals surface area contributed by atoms with Crippen LogP contribution in [-0.4, -0.2) is 30.0 Å². The summed E-state index contributed by atoms with van der Waals surface area (Å²) in [4.78, 5) is 7.31. The first-order valence-electron chi connectivity index (χ1n) is 7.49. The van der Waals surface area contributed by atoms with Crippen molar-refractivity contribution in [1.82, 2.24) is 9.88 Å². The summed E-state index contributed by atoms with van der Waals surface area (Å²) in [5, 5.41) is 0. The van der Waals surface area contributed by atoms with Gasteiger partial charge < -0.3 is 4.90 Å². The van der Waals surface area contributed by atoms with Crippen LogP contribution in [0, 0.1) is 0 Å². The van der Waals surface area contributed by atoms with Crippen LogP contribution in [0.4, 0.5) is 0 Å². The van der Waals surface area contributed by atoms with Gasteiger partial charge in [0.15, 0.2) is 0 Å². The fraction of sp³-hybridized carbons (Fsp3) is 0.389. The molecule has 2 heteroatoms. The van der Waals surface area contributed by atoms with Gasteiger partial charge in [-0.3, -0.25) is 4.98 Å². The first-order valence-corrected chi connectivity index (χ1v) is 7.49. The van der Waals surface area contributed by atoms with Crippen LogP contribution in [0.5, 0.6) is 0 Å². The normalized spacial score (nSPS) is 17.2. The third kappa shape index (κ3) is 3.26. The van der Waals surface area contributed by atoms with E-state index in [4.69, 9.17) is 4.98 Å². The highest BCUT2D eigenvalue weighted by atomic mass is 15.1. The van der Waals surface area contributed by atoms with Crippen molar-refractivity contribution in [2.45, 2.75) is 25.2 Å². The Morgan fingerprint density at radius 2 is 1.75 bits per heavy atom. The van der Waals surface area contributed by atoms with Crippen molar-refractivity contribution >= 4 is 0 Å². The van der Waals surface area contributed by atoms with E-state index in [1.54, 1.807) is 0 Å². The molecule has 0 radical (unpaired) electrons. The third-order valence-electron chi connectivity index (χ3n) is 4.19. The van der Waals surface area contributed by atoms with E-state index in [9.17, 15) is 0 Å². The van der Waals surface area contributed by atoms with Crippen LogP contribution in [0.3, 0.4) is 0 Å². The van der Waals surface area contributed by atoms with Gasteiger partial charge in [0.05, 0.1) is 0 Å². The first kappa shape index (κ1) is 13.3. The number of aromatic nitrogens is 1. The minimum atomic E-state index is 0.641. The highest BCUT2D eigenvalue weighted by molar-refractivity contribution is 5.23. The van der Waals surface area contributed by atoms with E-state index in [0.717, 1.165) is 6.42 Å². The summed E-state index contributed by atoms with van der Waals surface area (Å²) >= 11 is 0. The predicted octanol–water partition coefficient (Wildman–Crippen LogP) is 3.48. The van der Waals surface area contributed by atoms with Gasteiger partial charge in [0.1, 0.15) is 0 Å². The van der Waals surface area contributed by atoms with Gasteiger partial charge in [-0.2, -0.15) is 0 Å². The quantitative estimate of drug-likeness (QED) is 0.845. The van der Waals surface area contributed by atoms with E-state index in [2.05, 4.69) is 60.5 Å². The molecule has 20 heavy (non-hydrogen) atoms. The van der Waals surface area contributed by atoms with Crippen LogP contribution in [0.15, 0.2) is 48.5 Å². The second-order valence-corrected chi connectivity index (χ2v) is 5.79. The fourth-order valence-corrected chi connectivity index (χ4v) is 2.93. The SMILES string of the molecule is CN1CCC(c2cccc(Cc3ccccc3)n2)CC1. The van der Waals surface area contributed by atoms with E-state index >= 15 is 0 Å². The predicted molar refractivity (Wildman–Crippen MR) is 83.0 cm³/mol. The Bertz CT molecular complexity index is 542. The maximum absolute atomic E-state index is 4.90. The molecular formula is C18H22N2. The van der Waals surface area contributed by atoms with Crippen molar-refractivity contribution in [3.05, 3.63) is 65.5 Å². The van der Waals surface area contributed by atoms with Crippen molar-refractivity contribution in [2.75, 3.05) is 20.1 Å². The van der Waals surface area contributed by atoms with E-state index < -0.39 is 0 Å². The molecule has 3 rings (SSSR count). The molecule has 1 aromatic carbocycles. The molecule has 1 aliphatic heterocycles. The van der Waals surface area contributed by atoms with Gasteiger partial charge in [-0.25, -0.2) is 0 Å². The van der Waals surface area contributed by atoms with Gasteiger partial charge in [-0.1, -0.05) is 36.4 Å². The van der Waals surface area contributed by atoms with Crippen molar-refractivity contribution in [1.29, 1.82) is 0 Å². The Morgan fingerprint density at radius 3 is 2.50 bits per heavy atom. The van der Waals surface area contributed by atoms with E-state index in [1.165, 1.54) is 42.9 Å². The standard InChI is InChI=1S/C18H22N2/c1-20-12-10-16(11-13-20)18-9-5-8-17(19-18)14-15-6-3-2-4-7-15/h2-9,16H,10-14H2,1H3. The molecule has 2 aromatic rings. The van der Waals surface area contributed by atoms with Crippen LogP contribution in [0.2, 0.25) is 0 Å². The lowest BCUT2D eigenvalue weighted by molar-refractivity contribution is 0.253. The Morgan fingerprint density at radius 1 is 1.00 bits per heavy atom. The van der Waals surface area contributed by atoms with Gasteiger partial charge in [-0.15, -0.1) is 0 Å². The molecule has 0 amide bonds. The van der Waals surface area contributed by atoms with Crippen LogP contribution in [0.25, 0.3) is 0 Å². The summed E-state index contributed by atoms with van der Waals surface area (Å²) in [6.07, 6.45) is 3.40. The number of piperidine rings is 1. The zero-order valence-electron chi connectivity index (χ0n) is 12.1. The zero-order chi connectivity index (χ0) is 13.8. The van der Waals surface area contributed by atoms with Gasteiger partial charge in [0.2, 0.25) is 0 Å². The minimum Gasteiger partial charge on any atom is -0.306 e.